The summed E-state index contributed by atoms with van der Waals surface area (Å²) in [6.45, 7) is 0. The van der Waals surface area contributed by atoms with Crippen molar-refractivity contribution in [2.24, 2.45) is 0 Å². The summed E-state index contributed by atoms with van der Waals surface area (Å²) in [4.78, 5) is 0. The van der Waals surface area contributed by atoms with E-state index in [2.05, 4.69) is 0 Å². The molecule has 3 heteroatoms. The van der Waals surface area contributed by atoms with Crippen molar-refractivity contribution in [2.75, 3.05) is 0 Å². The summed E-state index contributed by atoms with van der Waals surface area (Å²) >= 11 is 2.03. The molecule has 0 heterocycles. The molecule has 0 N–H and O–H groups in total. The zero-order chi connectivity index (χ0) is 2.71. The van der Waals surface area contributed by atoms with Crippen molar-refractivity contribution >= 4 is 29.6 Å². The van der Waals surface area contributed by atoms with Crippen LogP contribution < -0.4 is 0 Å². The average molecular weight is 153 g/mol. The molecular formula is CHNNaRh. The first-order valence-corrected chi connectivity index (χ1v) is 1.21. The van der Waals surface area contributed by atoms with Gasteiger partial charge in [0.25, 0.3) is 0 Å². The first-order chi connectivity index (χ1) is 1.41. The Morgan fingerprint density at radius 1 is 1.75 bits per heavy atom. The first kappa shape index (κ1) is 8.93. The minimum absolute atomic E-state index is 0. The van der Waals surface area contributed by atoms with Crippen molar-refractivity contribution < 1.29 is 18.3 Å². The zero-order valence-electron chi connectivity index (χ0n) is 1.28. The number of hydrogen-bond acceptors (Lipinski definition) is 1. The number of rotatable bonds is 0. The number of hydrogen-bond donors (Lipinski definition) is 0. The molecule has 0 aromatic carbocycles. The second-order valence-electron chi connectivity index (χ2n) is 0.0745. The molecule has 0 aromatic rings. The van der Waals surface area contributed by atoms with Gasteiger partial charge in [0.05, 0.1) is 0 Å². The third-order valence-corrected chi connectivity index (χ3v) is 0. The molecule has 0 unspecified atom stereocenters. The molecule has 4 heavy (non-hydrogen) atoms. The molecule has 0 aliphatic rings. The fraction of sp³-hybridized carbons (Fsp3) is 0. The molecule has 0 rings (SSSR count). The molecule has 0 amide bonds. The van der Waals surface area contributed by atoms with E-state index in [0.717, 1.165) is 0 Å². The van der Waals surface area contributed by atoms with Gasteiger partial charge >= 0.3 is 57.8 Å². The molecule has 0 aliphatic carbocycles. The summed E-state index contributed by atoms with van der Waals surface area (Å²) in [7, 11) is 0. The Bertz CT molecular complexity index is 29.5. The SMILES string of the molecule is N#[C][Rh].[NaH]. The van der Waals surface area contributed by atoms with Crippen molar-refractivity contribution in [2.45, 2.75) is 0 Å². The maximum absolute atomic E-state index is 7.27. The van der Waals surface area contributed by atoms with Gasteiger partial charge in [-0.2, -0.15) is 0 Å². The third-order valence-electron chi connectivity index (χ3n) is 0. The second-order valence-corrected chi connectivity index (χ2v) is 0.441. The molecule has 0 bridgehead atoms. The van der Waals surface area contributed by atoms with Crippen molar-refractivity contribution in [3.8, 4) is 4.66 Å². The van der Waals surface area contributed by atoms with Crippen LogP contribution in [0.15, 0.2) is 0 Å². The predicted octanol–water partition coefficient (Wildman–Crippen LogP) is -0.634. The number of nitrogens with zero attached hydrogens (tertiary/aromatic N) is 1. The van der Waals surface area contributed by atoms with Gasteiger partial charge in [-0.25, -0.2) is 0 Å². The van der Waals surface area contributed by atoms with E-state index < -0.39 is 0 Å². The van der Waals surface area contributed by atoms with E-state index >= 15 is 0 Å². The first-order valence-electron chi connectivity index (χ1n) is 0.390. The van der Waals surface area contributed by atoms with E-state index in [-0.39, 0.29) is 29.6 Å². The van der Waals surface area contributed by atoms with Gasteiger partial charge in [0.2, 0.25) is 0 Å². The van der Waals surface area contributed by atoms with Gasteiger partial charge in [0, 0.05) is 0 Å². The molecule has 0 saturated carbocycles. The van der Waals surface area contributed by atoms with Crippen LogP contribution in [0, 0.1) is 9.93 Å². The van der Waals surface area contributed by atoms with E-state index in [1.54, 1.807) is 4.66 Å². The van der Waals surface area contributed by atoms with Gasteiger partial charge in [0.15, 0.2) is 0 Å². The van der Waals surface area contributed by atoms with Gasteiger partial charge in [-0.15, -0.1) is 0 Å². The predicted molar refractivity (Wildman–Crippen MR) is 12.8 cm³/mol. The van der Waals surface area contributed by atoms with Crippen LogP contribution in [0.25, 0.3) is 0 Å². The Labute approximate surface area is 57.3 Å². The van der Waals surface area contributed by atoms with Gasteiger partial charge in [-0.05, 0) is 0 Å². The minimum atomic E-state index is 0. The quantitative estimate of drug-likeness (QED) is 0.425. The van der Waals surface area contributed by atoms with E-state index in [1.807, 2.05) is 18.3 Å². The molecule has 0 radical (unpaired) electrons. The van der Waals surface area contributed by atoms with Crippen molar-refractivity contribution in [1.82, 2.24) is 0 Å². The van der Waals surface area contributed by atoms with Crippen molar-refractivity contribution in [3.63, 3.8) is 0 Å². The summed E-state index contributed by atoms with van der Waals surface area (Å²) in [5.74, 6) is 0. The normalized spacial score (nSPS) is 2.25. The van der Waals surface area contributed by atoms with Gasteiger partial charge < -0.3 is 0 Å². The molecular weight excluding hydrogens is 152 g/mol. The van der Waals surface area contributed by atoms with E-state index in [0.29, 0.717) is 0 Å². The fourth-order valence-corrected chi connectivity index (χ4v) is 0. The Morgan fingerprint density at radius 2 is 1.75 bits per heavy atom. The summed E-state index contributed by atoms with van der Waals surface area (Å²) in [5, 5.41) is 7.27. The van der Waals surface area contributed by atoms with E-state index in [1.165, 1.54) is 0 Å². The fourth-order valence-electron chi connectivity index (χ4n) is 0. The van der Waals surface area contributed by atoms with Crippen LogP contribution in [0.4, 0.5) is 0 Å². The monoisotopic (exact) mass is 153 g/mol. The van der Waals surface area contributed by atoms with Gasteiger partial charge in [-0.1, -0.05) is 0 Å². The van der Waals surface area contributed by atoms with Crippen LogP contribution in [0.1, 0.15) is 0 Å². The van der Waals surface area contributed by atoms with Crippen LogP contribution in [0.3, 0.4) is 0 Å². The molecule has 0 aliphatic heterocycles. The summed E-state index contributed by atoms with van der Waals surface area (Å²) in [5.41, 5.74) is 0. The Morgan fingerprint density at radius 3 is 1.75 bits per heavy atom. The third kappa shape index (κ3) is 11.2. The molecule has 1 nitrogen and oxygen atoms in total. The van der Waals surface area contributed by atoms with Gasteiger partial charge in [0.1, 0.15) is 0 Å². The van der Waals surface area contributed by atoms with E-state index in [9.17, 15) is 0 Å². The summed E-state index contributed by atoms with van der Waals surface area (Å²) in [6.07, 6.45) is 0. The Kier molecular flexibility index (Phi) is 19.9. The summed E-state index contributed by atoms with van der Waals surface area (Å²) < 4.78 is 1.64. The van der Waals surface area contributed by atoms with Crippen LogP contribution in [-0.4, -0.2) is 29.6 Å². The molecule has 0 aromatic heterocycles. The Balaban J connectivity index is 0. The van der Waals surface area contributed by atoms with Gasteiger partial charge in [-0.3, -0.25) is 0 Å². The molecule has 20 valence electrons. The Hall–Kier alpha value is 1.11. The summed E-state index contributed by atoms with van der Waals surface area (Å²) in [6, 6.07) is 0. The molecule has 0 saturated heterocycles. The van der Waals surface area contributed by atoms with Crippen LogP contribution in [0.5, 0.6) is 0 Å². The number of nitriles is 1. The van der Waals surface area contributed by atoms with Crippen molar-refractivity contribution in [1.29, 1.82) is 5.26 Å². The van der Waals surface area contributed by atoms with E-state index in [4.69, 9.17) is 5.26 Å². The second kappa shape index (κ2) is 8.93. The molecule has 0 spiro atoms. The van der Waals surface area contributed by atoms with Crippen LogP contribution >= 0.6 is 0 Å². The van der Waals surface area contributed by atoms with Crippen LogP contribution in [-0.2, 0) is 18.3 Å². The molecule has 0 atom stereocenters. The van der Waals surface area contributed by atoms with Crippen molar-refractivity contribution in [3.05, 3.63) is 0 Å². The zero-order valence-corrected chi connectivity index (χ0v) is 2.92. The molecule has 0 fully saturated rings. The maximum atomic E-state index is 7.27. The average Bonchev–Trinajstić information content (AvgIpc) is 0.918. The topological polar surface area (TPSA) is 23.8 Å². The van der Waals surface area contributed by atoms with Crippen LogP contribution in [0.2, 0.25) is 0 Å². The standard InChI is InChI=1S/CN.Na.Rh.H/c1-2;;;.